The highest BCUT2D eigenvalue weighted by molar-refractivity contribution is 6.42. The largest absolute Gasteiger partial charge is 0.356 e. The first-order chi connectivity index (χ1) is 10.8. The van der Waals surface area contributed by atoms with Crippen LogP contribution in [-0.2, 0) is 0 Å². The molecule has 0 atom stereocenters. The summed E-state index contributed by atoms with van der Waals surface area (Å²) in [5.74, 6) is 0.574. The van der Waals surface area contributed by atoms with Crippen molar-refractivity contribution in [1.29, 1.82) is 0 Å². The zero-order chi connectivity index (χ0) is 16.9. The maximum Gasteiger partial charge on any atom is 0.356 e. The number of rotatable bonds is 2. The van der Waals surface area contributed by atoms with E-state index >= 15 is 0 Å². The van der Waals surface area contributed by atoms with E-state index in [0.717, 1.165) is 5.56 Å². The molecule has 3 heterocycles. The Morgan fingerprint density at radius 3 is 2.48 bits per heavy atom. The van der Waals surface area contributed by atoms with Crippen LogP contribution in [0.2, 0.25) is 15.3 Å². The zero-order valence-corrected chi connectivity index (χ0v) is 14.8. The molecule has 0 aliphatic heterocycles. The van der Waals surface area contributed by atoms with E-state index in [1.165, 1.54) is 4.57 Å². The molecular formula is C14H12Cl3N5O. The molecule has 0 aliphatic carbocycles. The van der Waals surface area contributed by atoms with E-state index in [1.54, 1.807) is 16.9 Å². The highest BCUT2D eigenvalue weighted by Crippen LogP contribution is 2.29. The van der Waals surface area contributed by atoms with Gasteiger partial charge in [0, 0.05) is 11.6 Å². The number of aryl methyl sites for hydroxylation is 1. The lowest BCUT2D eigenvalue weighted by molar-refractivity contribution is 0.519. The number of nitrogens with zero attached hydrogens (tertiary/aromatic N) is 5. The maximum absolute atomic E-state index is 12.5. The second-order valence-electron chi connectivity index (χ2n) is 5.34. The summed E-state index contributed by atoms with van der Waals surface area (Å²) >= 11 is 18.1. The molecule has 0 radical (unpaired) electrons. The molecule has 0 aromatic carbocycles. The van der Waals surface area contributed by atoms with Gasteiger partial charge in [0.25, 0.3) is 0 Å². The Morgan fingerprint density at radius 2 is 1.83 bits per heavy atom. The van der Waals surface area contributed by atoms with E-state index in [4.69, 9.17) is 34.8 Å². The topological polar surface area (TPSA) is 65.6 Å². The highest BCUT2D eigenvalue weighted by Gasteiger charge is 2.20. The van der Waals surface area contributed by atoms with Gasteiger partial charge in [-0.15, -0.1) is 0 Å². The quantitative estimate of drug-likeness (QED) is 0.506. The van der Waals surface area contributed by atoms with Crippen LogP contribution in [-0.4, -0.2) is 24.3 Å². The molecule has 23 heavy (non-hydrogen) atoms. The van der Waals surface area contributed by atoms with Crippen molar-refractivity contribution in [1.82, 2.24) is 24.3 Å². The molecule has 0 saturated carbocycles. The second-order valence-corrected chi connectivity index (χ2v) is 6.47. The van der Waals surface area contributed by atoms with Crippen molar-refractivity contribution in [3.63, 3.8) is 0 Å². The third-order valence-corrected chi connectivity index (χ3v) is 4.34. The van der Waals surface area contributed by atoms with Crippen LogP contribution in [0.15, 0.2) is 17.1 Å². The second kappa shape index (κ2) is 5.78. The van der Waals surface area contributed by atoms with Crippen molar-refractivity contribution in [3.05, 3.63) is 43.6 Å². The van der Waals surface area contributed by atoms with Gasteiger partial charge >= 0.3 is 5.69 Å². The van der Waals surface area contributed by atoms with E-state index in [-0.39, 0.29) is 27.0 Å². The standard InChI is InChI=1S/C14H12Cl3N5O/c1-6(2)22-13(7(3)5-18-22)21-12-8(10(16)20-14(21)23)4-9(15)11(17)19-12/h4-6H,1-3H3. The monoisotopic (exact) mass is 371 g/mol. The first kappa shape index (κ1) is 16.2. The van der Waals surface area contributed by atoms with Crippen LogP contribution in [0.3, 0.4) is 0 Å². The molecule has 6 nitrogen and oxygen atoms in total. The van der Waals surface area contributed by atoms with Gasteiger partial charge in [0.2, 0.25) is 0 Å². The van der Waals surface area contributed by atoms with E-state index in [9.17, 15) is 4.79 Å². The Bertz CT molecular complexity index is 977. The molecule has 0 N–H and O–H groups in total. The molecule has 0 unspecified atom stereocenters. The Hall–Kier alpha value is -1.63. The SMILES string of the molecule is Cc1cnn(C(C)C)c1-n1c(=O)nc(Cl)c2cc(Cl)c(Cl)nc21. The lowest BCUT2D eigenvalue weighted by Gasteiger charge is -2.15. The van der Waals surface area contributed by atoms with Crippen LogP contribution >= 0.6 is 34.8 Å². The van der Waals surface area contributed by atoms with E-state index in [0.29, 0.717) is 11.2 Å². The summed E-state index contributed by atoms with van der Waals surface area (Å²) in [6, 6.07) is 1.59. The minimum atomic E-state index is -0.557. The van der Waals surface area contributed by atoms with Crippen LogP contribution in [0.25, 0.3) is 16.9 Å². The predicted molar refractivity (Wildman–Crippen MR) is 91.1 cm³/mol. The van der Waals surface area contributed by atoms with Crippen molar-refractivity contribution in [3.8, 4) is 5.82 Å². The lowest BCUT2D eigenvalue weighted by atomic mass is 10.3. The summed E-state index contributed by atoms with van der Waals surface area (Å²) in [6.45, 7) is 5.78. The molecule has 0 bridgehead atoms. The summed E-state index contributed by atoms with van der Waals surface area (Å²) in [5.41, 5.74) is 0.535. The molecule has 120 valence electrons. The summed E-state index contributed by atoms with van der Waals surface area (Å²) in [6.07, 6.45) is 1.68. The smallest absolute Gasteiger partial charge is 0.246 e. The Morgan fingerprint density at radius 1 is 1.13 bits per heavy atom. The van der Waals surface area contributed by atoms with Crippen LogP contribution in [0, 0.1) is 6.92 Å². The van der Waals surface area contributed by atoms with Crippen molar-refractivity contribution in [2.45, 2.75) is 26.8 Å². The minimum Gasteiger partial charge on any atom is -0.246 e. The normalized spacial score (nSPS) is 11.6. The summed E-state index contributed by atoms with van der Waals surface area (Å²) in [4.78, 5) is 20.6. The number of halogens is 3. The first-order valence-corrected chi connectivity index (χ1v) is 7.93. The van der Waals surface area contributed by atoms with Crippen LogP contribution < -0.4 is 5.69 Å². The van der Waals surface area contributed by atoms with Gasteiger partial charge in [-0.3, -0.25) is 0 Å². The minimum absolute atomic E-state index is 0.0283. The molecule has 3 aromatic rings. The molecule has 3 rings (SSSR count). The van der Waals surface area contributed by atoms with Crippen molar-refractivity contribution < 1.29 is 0 Å². The van der Waals surface area contributed by atoms with Gasteiger partial charge in [-0.2, -0.15) is 10.1 Å². The summed E-state index contributed by atoms with van der Waals surface area (Å²) < 4.78 is 3.07. The number of aromatic nitrogens is 5. The third kappa shape index (κ3) is 2.60. The summed E-state index contributed by atoms with van der Waals surface area (Å²) in [5, 5.41) is 5.10. The lowest BCUT2D eigenvalue weighted by Crippen LogP contribution is -2.26. The average Bonchev–Trinajstić information content (AvgIpc) is 2.84. The van der Waals surface area contributed by atoms with Gasteiger partial charge in [-0.1, -0.05) is 34.8 Å². The van der Waals surface area contributed by atoms with Crippen LogP contribution in [0.5, 0.6) is 0 Å². The van der Waals surface area contributed by atoms with Crippen LogP contribution in [0.4, 0.5) is 0 Å². The van der Waals surface area contributed by atoms with Gasteiger partial charge in [-0.05, 0) is 26.8 Å². The Kier molecular flexibility index (Phi) is 4.08. The van der Waals surface area contributed by atoms with Gasteiger partial charge in [0.05, 0.1) is 16.6 Å². The fourth-order valence-electron chi connectivity index (χ4n) is 2.35. The molecule has 0 aliphatic rings. The van der Waals surface area contributed by atoms with Crippen molar-refractivity contribution in [2.24, 2.45) is 0 Å². The molecule has 3 aromatic heterocycles. The zero-order valence-electron chi connectivity index (χ0n) is 12.5. The Labute approximate surface area is 146 Å². The number of hydrogen-bond donors (Lipinski definition) is 0. The fraction of sp³-hybridized carbons (Fsp3) is 0.286. The van der Waals surface area contributed by atoms with Gasteiger partial charge < -0.3 is 0 Å². The van der Waals surface area contributed by atoms with Crippen molar-refractivity contribution >= 4 is 45.8 Å². The van der Waals surface area contributed by atoms with Gasteiger partial charge in [0.15, 0.2) is 5.65 Å². The number of pyridine rings is 1. The maximum atomic E-state index is 12.5. The van der Waals surface area contributed by atoms with E-state index in [2.05, 4.69) is 15.1 Å². The third-order valence-electron chi connectivity index (χ3n) is 3.38. The fourth-order valence-corrected chi connectivity index (χ4v) is 2.85. The van der Waals surface area contributed by atoms with Crippen molar-refractivity contribution in [2.75, 3.05) is 0 Å². The first-order valence-electron chi connectivity index (χ1n) is 6.80. The molecule has 9 heteroatoms. The average molecular weight is 373 g/mol. The molecule has 0 spiro atoms. The number of fused-ring (bicyclic) bond motifs is 1. The Balaban J connectivity index is 2.50. The van der Waals surface area contributed by atoms with Gasteiger partial charge in [0.1, 0.15) is 16.1 Å². The van der Waals surface area contributed by atoms with E-state index < -0.39 is 5.69 Å². The molecular weight excluding hydrogens is 361 g/mol. The molecule has 0 saturated heterocycles. The van der Waals surface area contributed by atoms with E-state index in [1.807, 2.05) is 20.8 Å². The van der Waals surface area contributed by atoms with Crippen LogP contribution in [0.1, 0.15) is 25.5 Å². The number of hydrogen-bond acceptors (Lipinski definition) is 4. The molecule has 0 amide bonds. The molecule has 0 fully saturated rings. The predicted octanol–water partition coefficient (Wildman–Crippen LogP) is 3.83. The van der Waals surface area contributed by atoms with Gasteiger partial charge in [-0.25, -0.2) is 19.0 Å². The highest BCUT2D eigenvalue weighted by atomic mass is 35.5. The summed E-state index contributed by atoms with van der Waals surface area (Å²) in [7, 11) is 0.